The van der Waals surface area contributed by atoms with E-state index in [-0.39, 0.29) is 35.1 Å². The van der Waals surface area contributed by atoms with E-state index < -0.39 is 11.9 Å². The summed E-state index contributed by atoms with van der Waals surface area (Å²) < 4.78 is 39.1. The number of benzene rings is 2. The molecule has 0 spiro atoms. The molecule has 24 heavy (non-hydrogen) atoms. The third-order valence-corrected chi connectivity index (χ3v) is 3.85. The van der Waals surface area contributed by atoms with Crippen LogP contribution in [-0.2, 0) is 4.74 Å². The summed E-state index contributed by atoms with van der Waals surface area (Å²) in [6.07, 6.45) is -0.977. The third kappa shape index (κ3) is 4.57. The maximum absolute atomic E-state index is 14.0. The lowest BCUT2D eigenvalue weighted by Crippen LogP contribution is -2.43. The zero-order valence-corrected chi connectivity index (χ0v) is 14.2. The van der Waals surface area contributed by atoms with Gasteiger partial charge in [-0.3, -0.25) is 0 Å². The summed E-state index contributed by atoms with van der Waals surface area (Å²) in [5.74, 6) is -0.892. The van der Waals surface area contributed by atoms with Crippen LogP contribution in [0.2, 0.25) is 5.02 Å². The molecule has 0 amide bonds. The Bertz CT molecular complexity index is 681. The molecule has 7 heteroatoms. The molecule has 1 fully saturated rings. The number of hydrogen-bond acceptors (Lipinski definition) is 3. The quantitative estimate of drug-likeness (QED) is 0.870. The molecule has 0 aromatic heterocycles. The summed E-state index contributed by atoms with van der Waals surface area (Å²) in [6, 6.07) is 10.2. The Morgan fingerprint density at radius 1 is 1.21 bits per heavy atom. The fourth-order valence-electron chi connectivity index (χ4n) is 2.53. The second kappa shape index (κ2) is 8.62. The van der Waals surface area contributed by atoms with Gasteiger partial charge in [-0.25, -0.2) is 8.78 Å². The first-order valence-corrected chi connectivity index (χ1v) is 7.71. The van der Waals surface area contributed by atoms with Gasteiger partial charge in [-0.2, -0.15) is 0 Å². The Hall–Kier alpha value is -1.40. The van der Waals surface area contributed by atoms with Gasteiger partial charge in [0, 0.05) is 18.1 Å². The number of ether oxygens (including phenoxy) is 2. The van der Waals surface area contributed by atoms with Crippen LogP contribution in [0.1, 0.15) is 11.7 Å². The SMILES string of the molecule is Cl.Fc1cccc([C@H](Oc2ccc(Cl)cc2F)[C@@H]2CNCCO2)c1. The minimum Gasteiger partial charge on any atom is -0.480 e. The van der Waals surface area contributed by atoms with Crippen molar-refractivity contribution in [3.63, 3.8) is 0 Å². The smallest absolute Gasteiger partial charge is 0.166 e. The highest BCUT2D eigenvalue weighted by molar-refractivity contribution is 6.30. The largest absolute Gasteiger partial charge is 0.480 e. The van der Waals surface area contributed by atoms with Gasteiger partial charge in [-0.05, 0) is 35.9 Å². The molecule has 0 aliphatic carbocycles. The molecule has 1 N–H and O–H groups in total. The molecule has 0 saturated carbocycles. The summed E-state index contributed by atoms with van der Waals surface area (Å²) in [4.78, 5) is 0. The molecular weight excluding hydrogens is 359 g/mol. The number of halogens is 4. The average molecular weight is 376 g/mol. The van der Waals surface area contributed by atoms with E-state index in [4.69, 9.17) is 21.1 Å². The molecule has 2 aromatic rings. The highest BCUT2D eigenvalue weighted by Gasteiger charge is 2.29. The van der Waals surface area contributed by atoms with Crippen LogP contribution in [0.5, 0.6) is 5.75 Å². The molecule has 1 heterocycles. The topological polar surface area (TPSA) is 30.5 Å². The Kier molecular flexibility index (Phi) is 6.80. The van der Waals surface area contributed by atoms with Gasteiger partial charge in [0.1, 0.15) is 11.9 Å². The van der Waals surface area contributed by atoms with Crippen molar-refractivity contribution in [1.82, 2.24) is 5.32 Å². The molecule has 0 radical (unpaired) electrons. The van der Waals surface area contributed by atoms with Crippen molar-refractivity contribution in [3.8, 4) is 5.75 Å². The van der Waals surface area contributed by atoms with Crippen molar-refractivity contribution in [2.45, 2.75) is 12.2 Å². The summed E-state index contributed by atoms with van der Waals surface area (Å²) in [5, 5.41) is 3.48. The molecule has 2 aromatic carbocycles. The van der Waals surface area contributed by atoms with Crippen LogP contribution < -0.4 is 10.1 Å². The summed E-state index contributed by atoms with van der Waals surface area (Å²) in [6.45, 7) is 1.79. The molecule has 2 atom stereocenters. The Balaban J connectivity index is 0.00000208. The predicted molar refractivity (Wildman–Crippen MR) is 91.0 cm³/mol. The fourth-order valence-corrected chi connectivity index (χ4v) is 2.69. The van der Waals surface area contributed by atoms with E-state index in [1.165, 1.54) is 24.3 Å². The maximum atomic E-state index is 14.0. The van der Waals surface area contributed by atoms with Crippen molar-refractivity contribution >= 4 is 24.0 Å². The Labute approximate surface area is 150 Å². The highest BCUT2D eigenvalue weighted by atomic mass is 35.5. The third-order valence-electron chi connectivity index (χ3n) is 3.62. The van der Waals surface area contributed by atoms with Gasteiger partial charge >= 0.3 is 0 Å². The zero-order valence-electron chi connectivity index (χ0n) is 12.7. The van der Waals surface area contributed by atoms with E-state index >= 15 is 0 Å². The van der Waals surface area contributed by atoms with Gasteiger partial charge in [0.2, 0.25) is 0 Å². The fraction of sp³-hybridized carbons (Fsp3) is 0.294. The summed E-state index contributed by atoms with van der Waals surface area (Å²) in [7, 11) is 0. The van der Waals surface area contributed by atoms with Crippen LogP contribution in [0.15, 0.2) is 42.5 Å². The molecule has 130 valence electrons. The zero-order chi connectivity index (χ0) is 16.2. The number of hydrogen-bond donors (Lipinski definition) is 1. The van der Waals surface area contributed by atoms with Crippen LogP contribution in [0.3, 0.4) is 0 Å². The molecule has 1 aliphatic heterocycles. The van der Waals surface area contributed by atoms with Gasteiger partial charge in [0.15, 0.2) is 17.7 Å². The lowest BCUT2D eigenvalue weighted by molar-refractivity contribution is -0.0443. The first-order chi connectivity index (χ1) is 11.1. The predicted octanol–water partition coefficient (Wildman–Crippen LogP) is 4.15. The van der Waals surface area contributed by atoms with E-state index in [0.717, 1.165) is 6.54 Å². The van der Waals surface area contributed by atoms with E-state index in [1.54, 1.807) is 18.2 Å². The molecule has 1 aliphatic rings. The summed E-state index contributed by atoms with van der Waals surface area (Å²) >= 11 is 5.76. The number of rotatable bonds is 4. The molecule has 1 saturated heterocycles. The normalized spacial score (nSPS) is 18.5. The monoisotopic (exact) mass is 375 g/mol. The van der Waals surface area contributed by atoms with E-state index in [2.05, 4.69) is 5.32 Å². The maximum Gasteiger partial charge on any atom is 0.166 e. The molecule has 3 nitrogen and oxygen atoms in total. The van der Waals surface area contributed by atoms with Gasteiger partial charge in [-0.1, -0.05) is 23.7 Å². The molecular formula is C17H17Cl2F2NO2. The van der Waals surface area contributed by atoms with Crippen LogP contribution in [0.25, 0.3) is 0 Å². The van der Waals surface area contributed by atoms with Crippen molar-refractivity contribution < 1.29 is 18.3 Å². The van der Waals surface area contributed by atoms with E-state index in [9.17, 15) is 8.78 Å². The van der Waals surface area contributed by atoms with Crippen molar-refractivity contribution in [2.75, 3.05) is 19.7 Å². The van der Waals surface area contributed by atoms with Crippen LogP contribution in [-0.4, -0.2) is 25.8 Å². The lowest BCUT2D eigenvalue weighted by Gasteiger charge is -2.31. The Morgan fingerprint density at radius 3 is 2.71 bits per heavy atom. The lowest BCUT2D eigenvalue weighted by atomic mass is 10.0. The van der Waals surface area contributed by atoms with E-state index in [0.29, 0.717) is 18.7 Å². The van der Waals surface area contributed by atoms with Crippen LogP contribution in [0, 0.1) is 11.6 Å². The molecule has 0 bridgehead atoms. The van der Waals surface area contributed by atoms with Gasteiger partial charge in [0.05, 0.1) is 6.61 Å². The second-order valence-electron chi connectivity index (χ2n) is 5.28. The van der Waals surface area contributed by atoms with Crippen molar-refractivity contribution in [1.29, 1.82) is 0 Å². The number of morpholine rings is 1. The van der Waals surface area contributed by atoms with Gasteiger partial charge in [0.25, 0.3) is 0 Å². The average Bonchev–Trinajstić information content (AvgIpc) is 2.55. The van der Waals surface area contributed by atoms with Crippen molar-refractivity contribution in [2.24, 2.45) is 0 Å². The van der Waals surface area contributed by atoms with Gasteiger partial charge < -0.3 is 14.8 Å². The first kappa shape index (κ1) is 18.9. The Morgan fingerprint density at radius 2 is 2.04 bits per heavy atom. The van der Waals surface area contributed by atoms with Crippen LogP contribution in [0.4, 0.5) is 8.78 Å². The minimum atomic E-state index is -0.630. The highest BCUT2D eigenvalue weighted by Crippen LogP contribution is 2.30. The summed E-state index contributed by atoms with van der Waals surface area (Å²) in [5.41, 5.74) is 0.591. The number of nitrogens with one attached hydrogen (secondary N) is 1. The van der Waals surface area contributed by atoms with Crippen molar-refractivity contribution in [3.05, 3.63) is 64.7 Å². The van der Waals surface area contributed by atoms with Crippen LogP contribution >= 0.6 is 24.0 Å². The van der Waals surface area contributed by atoms with Gasteiger partial charge in [-0.15, -0.1) is 12.4 Å². The molecule has 3 rings (SSSR count). The first-order valence-electron chi connectivity index (χ1n) is 7.33. The standard InChI is InChI=1S/C17H16ClF2NO2.ClH/c18-12-4-5-15(14(20)9-12)23-17(16-10-21-6-7-22-16)11-2-1-3-13(19)8-11;/h1-5,8-9,16-17,21H,6-7,10H2;1H/t16-,17-;/m0./s1. The second-order valence-corrected chi connectivity index (χ2v) is 5.72. The minimum absolute atomic E-state index is 0. The van der Waals surface area contributed by atoms with E-state index in [1.807, 2.05) is 0 Å². The molecule has 0 unspecified atom stereocenters.